The van der Waals surface area contributed by atoms with Gasteiger partial charge in [-0.1, -0.05) is 33.2 Å². The van der Waals surface area contributed by atoms with E-state index in [0.29, 0.717) is 0 Å². The Hall–Kier alpha value is -0.870. The summed E-state index contributed by atoms with van der Waals surface area (Å²) in [6, 6.07) is 8.37. The molecule has 1 heterocycles. The number of rotatable bonds is 3. The molecule has 0 atom stereocenters. The number of nitrogens with zero attached hydrogens (tertiary/aromatic N) is 1. The summed E-state index contributed by atoms with van der Waals surface area (Å²) in [6.07, 6.45) is 3.80. The fraction of sp³-hybridized carbons (Fsp3) is 0.462. The van der Waals surface area contributed by atoms with Crippen molar-refractivity contribution >= 4 is 22.1 Å². The minimum atomic E-state index is -0.0575. The van der Waals surface area contributed by atoms with Crippen LogP contribution in [0.25, 0.3) is 0 Å². The molecule has 1 aromatic carbocycles. The molecule has 3 nitrogen and oxygen atoms in total. The van der Waals surface area contributed by atoms with Crippen LogP contribution in [0.1, 0.15) is 18.4 Å². The molecule has 0 radical (unpaired) electrons. The average molecular weight is 298 g/mol. The van der Waals surface area contributed by atoms with E-state index in [0.717, 1.165) is 30.5 Å². The average Bonchev–Trinajstić information content (AvgIpc) is 2.37. The maximum absolute atomic E-state index is 5.44. The van der Waals surface area contributed by atoms with Crippen LogP contribution in [0.15, 0.2) is 33.9 Å². The topological polar surface area (TPSA) is 30.8 Å². The Morgan fingerprint density at radius 1 is 1.41 bits per heavy atom. The maximum atomic E-state index is 5.44. The zero-order valence-electron chi connectivity index (χ0n) is 9.86. The van der Waals surface area contributed by atoms with Crippen molar-refractivity contribution in [3.05, 3.63) is 34.3 Å². The lowest BCUT2D eigenvalue weighted by atomic mass is 9.75. The lowest BCUT2D eigenvalue weighted by Gasteiger charge is -2.34. The van der Waals surface area contributed by atoms with Gasteiger partial charge in [-0.25, -0.2) is 0 Å². The van der Waals surface area contributed by atoms with Gasteiger partial charge in [0.2, 0.25) is 0 Å². The van der Waals surface area contributed by atoms with Gasteiger partial charge >= 0.3 is 0 Å². The van der Waals surface area contributed by atoms with Crippen molar-refractivity contribution < 1.29 is 9.57 Å². The van der Waals surface area contributed by atoms with E-state index in [-0.39, 0.29) is 5.41 Å². The number of benzene rings is 1. The minimum Gasteiger partial charge on any atom is -0.399 e. The second-order valence-electron chi connectivity index (χ2n) is 4.20. The van der Waals surface area contributed by atoms with Crippen LogP contribution in [0.2, 0.25) is 0 Å². The van der Waals surface area contributed by atoms with Crippen LogP contribution in [0.3, 0.4) is 0 Å². The van der Waals surface area contributed by atoms with Crippen molar-refractivity contribution in [2.45, 2.75) is 18.3 Å². The Bertz CT molecular complexity index is 400. The summed E-state index contributed by atoms with van der Waals surface area (Å²) >= 11 is 3.51. The van der Waals surface area contributed by atoms with Crippen molar-refractivity contribution in [1.82, 2.24) is 0 Å². The van der Waals surface area contributed by atoms with Gasteiger partial charge in [-0.3, -0.25) is 0 Å². The van der Waals surface area contributed by atoms with Gasteiger partial charge in [0.05, 0.1) is 6.21 Å². The molecular formula is C13H16BrNO2. The predicted octanol–water partition coefficient (Wildman–Crippen LogP) is 3.13. The highest BCUT2D eigenvalue weighted by atomic mass is 79.9. The molecule has 0 aromatic heterocycles. The molecule has 0 spiro atoms. The summed E-state index contributed by atoms with van der Waals surface area (Å²) < 4.78 is 6.53. The molecule has 92 valence electrons. The Morgan fingerprint density at radius 2 is 2.18 bits per heavy atom. The third kappa shape index (κ3) is 2.87. The van der Waals surface area contributed by atoms with Gasteiger partial charge in [-0.15, -0.1) is 0 Å². The van der Waals surface area contributed by atoms with Crippen molar-refractivity contribution in [3.8, 4) is 0 Å². The Balaban J connectivity index is 2.35. The van der Waals surface area contributed by atoms with Gasteiger partial charge in [0, 0.05) is 23.1 Å². The van der Waals surface area contributed by atoms with Gasteiger partial charge in [0.1, 0.15) is 7.11 Å². The molecule has 0 amide bonds. The molecule has 1 aromatic rings. The van der Waals surface area contributed by atoms with Gasteiger partial charge < -0.3 is 9.57 Å². The molecule has 0 N–H and O–H groups in total. The maximum Gasteiger partial charge on any atom is 0.106 e. The fourth-order valence-corrected chi connectivity index (χ4v) is 2.58. The zero-order chi connectivity index (χ0) is 12.1. The van der Waals surface area contributed by atoms with Gasteiger partial charge in [0.15, 0.2) is 0 Å². The Kier molecular flexibility index (Phi) is 4.18. The van der Waals surface area contributed by atoms with Crippen LogP contribution < -0.4 is 0 Å². The molecule has 1 fully saturated rings. The number of hydrogen-bond acceptors (Lipinski definition) is 3. The molecule has 0 bridgehead atoms. The summed E-state index contributed by atoms with van der Waals surface area (Å²) in [5, 5.41) is 3.98. The lowest BCUT2D eigenvalue weighted by molar-refractivity contribution is 0.0708. The first-order valence-corrected chi connectivity index (χ1v) is 6.48. The van der Waals surface area contributed by atoms with Gasteiger partial charge in [-0.2, -0.15) is 0 Å². The number of oxime groups is 1. The lowest BCUT2D eigenvalue weighted by Crippen LogP contribution is -2.35. The molecule has 4 heteroatoms. The number of ether oxygens (including phenoxy) is 1. The predicted molar refractivity (Wildman–Crippen MR) is 71.4 cm³/mol. The summed E-state index contributed by atoms with van der Waals surface area (Å²) in [4.78, 5) is 4.84. The van der Waals surface area contributed by atoms with Gasteiger partial charge in [0.25, 0.3) is 0 Å². The zero-order valence-corrected chi connectivity index (χ0v) is 11.4. The van der Waals surface area contributed by atoms with Crippen LogP contribution in [0.4, 0.5) is 0 Å². The van der Waals surface area contributed by atoms with E-state index in [1.165, 1.54) is 5.56 Å². The van der Waals surface area contributed by atoms with Crippen molar-refractivity contribution in [1.29, 1.82) is 0 Å². The van der Waals surface area contributed by atoms with Gasteiger partial charge in [-0.05, 0) is 30.5 Å². The quantitative estimate of drug-likeness (QED) is 0.634. The normalized spacial score (nSPS) is 19.4. The van der Waals surface area contributed by atoms with Crippen LogP contribution in [-0.2, 0) is 15.0 Å². The van der Waals surface area contributed by atoms with Crippen LogP contribution >= 0.6 is 15.9 Å². The molecule has 1 aliphatic heterocycles. The SMILES string of the molecule is CON=CC1(c2cccc(Br)c2)CCOCC1. The summed E-state index contributed by atoms with van der Waals surface area (Å²) in [5.74, 6) is 0. The van der Waals surface area contributed by atoms with Crippen molar-refractivity contribution in [2.24, 2.45) is 5.16 Å². The molecule has 0 saturated carbocycles. The third-order valence-corrected chi connectivity index (χ3v) is 3.68. The Morgan fingerprint density at radius 3 is 2.82 bits per heavy atom. The highest BCUT2D eigenvalue weighted by Gasteiger charge is 2.33. The van der Waals surface area contributed by atoms with E-state index >= 15 is 0 Å². The van der Waals surface area contributed by atoms with Crippen molar-refractivity contribution in [3.63, 3.8) is 0 Å². The molecule has 1 saturated heterocycles. The number of hydrogen-bond donors (Lipinski definition) is 0. The molecule has 2 rings (SSSR count). The van der Waals surface area contributed by atoms with E-state index in [9.17, 15) is 0 Å². The van der Waals surface area contributed by atoms with E-state index in [2.05, 4.69) is 39.3 Å². The van der Waals surface area contributed by atoms with Crippen molar-refractivity contribution in [2.75, 3.05) is 20.3 Å². The largest absolute Gasteiger partial charge is 0.399 e. The van der Waals surface area contributed by atoms with E-state index in [1.54, 1.807) is 7.11 Å². The second kappa shape index (κ2) is 5.65. The van der Waals surface area contributed by atoms with Crippen LogP contribution in [-0.4, -0.2) is 26.5 Å². The fourth-order valence-electron chi connectivity index (χ4n) is 2.18. The summed E-state index contributed by atoms with van der Waals surface area (Å²) in [5.41, 5.74) is 1.20. The first-order valence-electron chi connectivity index (χ1n) is 5.68. The molecular weight excluding hydrogens is 282 g/mol. The van der Waals surface area contributed by atoms with E-state index < -0.39 is 0 Å². The number of halogens is 1. The summed E-state index contributed by atoms with van der Waals surface area (Å²) in [7, 11) is 1.57. The van der Waals surface area contributed by atoms with E-state index in [1.807, 2.05) is 12.3 Å². The molecule has 0 aliphatic carbocycles. The standard InChI is InChI=1S/C13H16BrNO2/c1-16-15-10-13(5-7-17-8-6-13)11-3-2-4-12(14)9-11/h2-4,9-10H,5-8H2,1H3. The first kappa shape index (κ1) is 12.6. The monoisotopic (exact) mass is 297 g/mol. The molecule has 1 aliphatic rings. The highest BCUT2D eigenvalue weighted by molar-refractivity contribution is 9.10. The van der Waals surface area contributed by atoms with Crippen LogP contribution in [0, 0.1) is 0 Å². The Labute approximate surface area is 110 Å². The van der Waals surface area contributed by atoms with E-state index in [4.69, 9.17) is 9.57 Å². The molecule has 0 unspecified atom stereocenters. The summed E-state index contributed by atoms with van der Waals surface area (Å²) in [6.45, 7) is 1.53. The third-order valence-electron chi connectivity index (χ3n) is 3.19. The first-order chi connectivity index (χ1) is 8.27. The highest BCUT2D eigenvalue weighted by Crippen LogP contribution is 2.34. The second-order valence-corrected chi connectivity index (χ2v) is 5.11. The smallest absolute Gasteiger partial charge is 0.106 e. The molecule has 17 heavy (non-hydrogen) atoms. The minimum absolute atomic E-state index is 0.0575. The van der Waals surface area contributed by atoms with Crippen LogP contribution in [0.5, 0.6) is 0 Å².